The normalized spacial score (nSPS) is 11.3. The van der Waals surface area contributed by atoms with Gasteiger partial charge in [-0.3, -0.25) is 9.59 Å². The van der Waals surface area contributed by atoms with Gasteiger partial charge in [0.05, 0.1) is 12.2 Å². The molecule has 3 rings (SSSR count). The number of unbranched alkanes of at least 4 members (excludes halogenated alkanes) is 15. The Morgan fingerprint density at radius 1 is 0.532 bits per heavy atom. The average molecular weight is 653 g/mol. The van der Waals surface area contributed by atoms with E-state index in [0.717, 1.165) is 25.0 Å². The molecule has 0 aliphatic rings. The average Bonchev–Trinajstić information content (AvgIpc) is 3.07. The Labute approximate surface area is 278 Å². The molecule has 8 heteroatoms. The lowest BCUT2D eigenvalue weighted by molar-refractivity contribution is -0.137. The van der Waals surface area contributed by atoms with Crippen molar-refractivity contribution in [1.29, 1.82) is 0 Å². The molecule has 0 bridgehead atoms. The summed E-state index contributed by atoms with van der Waals surface area (Å²) in [6, 6.07) is 18.2. The lowest BCUT2D eigenvalue weighted by Gasteiger charge is -2.10. The SMILES string of the molecule is CCCCCCCCCCCCCCCCCCOc1ccc(NC(=O)C(=O)Nc2ccc(-c3ccc(C(F)(F)F)cc3)cc2)cc1. The van der Waals surface area contributed by atoms with Crippen LogP contribution in [0.5, 0.6) is 5.75 Å². The van der Waals surface area contributed by atoms with E-state index in [0.29, 0.717) is 34.9 Å². The Hall–Kier alpha value is -3.81. The third-order valence-electron chi connectivity index (χ3n) is 8.27. The molecule has 0 atom stereocenters. The van der Waals surface area contributed by atoms with Crippen LogP contribution in [0.1, 0.15) is 115 Å². The number of hydrogen-bond acceptors (Lipinski definition) is 3. The van der Waals surface area contributed by atoms with E-state index in [1.165, 1.54) is 102 Å². The fourth-order valence-corrected chi connectivity index (χ4v) is 5.45. The van der Waals surface area contributed by atoms with E-state index in [4.69, 9.17) is 4.74 Å². The number of anilines is 2. The van der Waals surface area contributed by atoms with Gasteiger partial charge in [-0.2, -0.15) is 13.2 Å². The molecule has 0 spiro atoms. The van der Waals surface area contributed by atoms with Crippen molar-refractivity contribution < 1.29 is 27.5 Å². The Balaban J connectivity index is 1.23. The molecule has 5 nitrogen and oxygen atoms in total. The number of nitrogens with one attached hydrogen (secondary N) is 2. The highest BCUT2D eigenvalue weighted by atomic mass is 19.4. The lowest BCUT2D eigenvalue weighted by atomic mass is 10.0. The second-order valence-electron chi connectivity index (χ2n) is 12.2. The summed E-state index contributed by atoms with van der Waals surface area (Å²) in [6.45, 7) is 2.91. The van der Waals surface area contributed by atoms with Crippen LogP contribution >= 0.6 is 0 Å². The molecule has 3 aromatic rings. The van der Waals surface area contributed by atoms with Crippen molar-refractivity contribution in [3.8, 4) is 16.9 Å². The van der Waals surface area contributed by atoms with Gasteiger partial charge in [-0.1, -0.05) is 128 Å². The summed E-state index contributed by atoms with van der Waals surface area (Å²) < 4.78 is 44.2. The molecule has 2 amide bonds. The maximum atomic E-state index is 12.8. The molecule has 2 N–H and O–H groups in total. The van der Waals surface area contributed by atoms with Gasteiger partial charge in [0.25, 0.3) is 0 Å². The molecule has 3 aromatic carbocycles. The summed E-state index contributed by atoms with van der Waals surface area (Å²) in [5.74, 6) is -0.948. The van der Waals surface area contributed by atoms with Crippen molar-refractivity contribution >= 4 is 23.2 Å². The summed E-state index contributed by atoms with van der Waals surface area (Å²) in [5, 5.41) is 5.10. The van der Waals surface area contributed by atoms with Crippen molar-refractivity contribution in [1.82, 2.24) is 0 Å². The maximum absolute atomic E-state index is 12.8. The van der Waals surface area contributed by atoms with E-state index in [2.05, 4.69) is 17.6 Å². The van der Waals surface area contributed by atoms with Gasteiger partial charge in [-0.15, -0.1) is 0 Å². The quantitative estimate of drug-likeness (QED) is 0.0889. The molecule has 0 aliphatic heterocycles. The van der Waals surface area contributed by atoms with Crippen molar-refractivity contribution in [2.75, 3.05) is 17.2 Å². The number of hydrogen-bond donors (Lipinski definition) is 2. The summed E-state index contributed by atoms with van der Waals surface area (Å²) in [4.78, 5) is 24.8. The molecule has 0 aliphatic carbocycles. The maximum Gasteiger partial charge on any atom is 0.416 e. The molecule has 0 aromatic heterocycles. The van der Waals surface area contributed by atoms with Crippen LogP contribution in [0.2, 0.25) is 0 Å². The smallest absolute Gasteiger partial charge is 0.416 e. The van der Waals surface area contributed by atoms with Crippen LogP contribution in [0.4, 0.5) is 24.5 Å². The number of carbonyl (C=O) groups excluding carboxylic acids is 2. The zero-order chi connectivity index (χ0) is 33.7. The number of amides is 2. The van der Waals surface area contributed by atoms with Crippen LogP contribution in [-0.2, 0) is 15.8 Å². The van der Waals surface area contributed by atoms with Crippen LogP contribution in [0.15, 0.2) is 72.8 Å². The Morgan fingerprint density at radius 3 is 1.30 bits per heavy atom. The Kier molecular flexibility index (Phi) is 16.9. The molecule has 0 heterocycles. The van der Waals surface area contributed by atoms with Crippen molar-refractivity contribution in [3.05, 3.63) is 78.4 Å². The van der Waals surface area contributed by atoms with Gasteiger partial charge >= 0.3 is 18.0 Å². The zero-order valence-corrected chi connectivity index (χ0v) is 27.8. The second-order valence-corrected chi connectivity index (χ2v) is 12.2. The van der Waals surface area contributed by atoms with E-state index in [1.807, 2.05) is 0 Å². The van der Waals surface area contributed by atoms with E-state index in [1.54, 1.807) is 48.5 Å². The van der Waals surface area contributed by atoms with Crippen molar-refractivity contribution in [2.24, 2.45) is 0 Å². The zero-order valence-electron chi connectivity index (χ0n) is 27.8. The van der Waals surface area contributed by atoms with E-state index in [9.17, 15) is 22.8 Å². The number of benzene rings is 3. The van der Waals surface area contributed by atoms with Crippen LogP contribution in [0, 0.1) is 0 Å². The lowest BCUT2D eigenvalue weighted by Crippen LogP contribution is -2.29. The van der Waals surface area contributed by atoms with E-state index < -0.39 is 23.6 Å². The summed E-state index contributed by atoms with van der Waals surface area (Å²) in [7, 11) is 0. The van der Waals surface area contributed by atoms with E-state index >= 15 is 0 Å². The molecule has 0 saturated carbocycles. The Morgan fingerprint density at radius 2 is 0.894 bits per heavy atom. The third kappa shape index (κ3) is 15.1. The van der Waals surface area contributed by atoms with Gasteiger partial charge in [-0.05, 0) is 66.1 Å². The van der Waals surface area contributed by atoms with Gasteiger partial charge in [0.15, 0.2) is 0 Å². The molecular weight excluding hydrogens is 601 g/mol. The monoisotopic (exact) mass is 652 g/mol. The fraction of sp³-hybridized carbons (Fsp3) is 0.487. The molecule has 0 fully saturated rings. The highest BCUT2D eigenvalue weighted by molar-refractivity contribution is 6.43. The van der Waals surface area contributed by atoms with Gasteiger partial charge in [0.2, 0.25) is 0 Å². The summed E-state index contributed by atoms with van der Waals surface area (Å²) in [6.07, 6.45) is 16.8. The van der Waals surface area contributed by atoms with Gasteiger partial charge in [0.1, 0.15) is 5.75 Å². The van der Waals surface area contributed by atoms with Crippen molar-refractivity contribution in [2.45, 2.75) is 116 Å². The molecule has 47 heavy (non-hydrogen) atoms. The standard InChI is InChI=1S/C39H51F3N2O3/c1-2-3-4-5-6-7-8-9-10-11-12-13-14-15-16-17-30-47-36-28-26-35(27-29-36)44-38(46)37(45)43-34-24-20-32(21-25-34)31-18-22-33(23-19-31)39(40,41)42/h18-29H,2-17,30H2,1H3,(H,43,45)(H,44,46). The van der Waals surface area contributed by atoms with Crippen LogP contribution in [0.3, 0.4) is 0 Å². The topological polar surface area (TPSA) is 67.4 Å². The predicted octanol–water partition coefficient (Wildman–Crippen LogP) is 11.6. The summed E-state index contributed by atoms with van der Waals surface area (Å²) >= 11 is 0. The number of halogens is 3. The third-order valence-corrected chi connectivity index (χ3v) is 8.27. The second kappa shape index (κ2) is 21.1. The first kappa shape index (κ1) is 37.6. The summed E-state index contributed by atoms with van der Waals surface area (Å²) in [5.41, 5.74) is 1.42. The molecule has 256 valence electrons. The van der Waals surface area contributed by atoms with Crippen LogP contribution < -0.4 is 15.4 Å². The van der Waals surface area contributed by atoms with Crippen LogP contribution in [0.25, 0.3) is 11.1 Å². The largest absolute Gasteiger partial charge is 0.494 e. The Bertz CT molecular complexity index is 1310. The van der Waals surface area contributed by atoms with Gasteiger partial charge in [-0.25, -0.2) is 0 Å². The first-order valence-corrected chi connectivity index (χ1v) is 17.4. The number of alkyl halides is 3. The van der Waals surface area contributed by atoms with E-state index in [-0.39, 0.29) is 0 Å². The minimum Gasteiger partial charge on any atom is -0.494 e. The van der Waals surface area contributed by atoms with Gasteiger partial charge < -0.3 is 15.4 Å². The fourth-order valence-electron chi connectivity index (χ4n) is 5.45. The highest BCUT2D eigenvalue weighted by Gasteiger charge is 2.30. The number of ether oxygens (including phenoxy) is 1. The van der Waals surface area contributed by atoms with Crippen LogP contribution in [-0.4, -0.2) is 18.4 Å². The molecule has 0 saturated heterocycles. The molecular formula is C39H51F3N2O3. The number of rotatable bonds is 21. The predicted molar refractivity (Wildman–Crippen MR) is 186 cm³/mol. The highest BCUT2D eigenvalue weighted by Crippen LogP contribution is 2.31. The molecule has 0 unspecified atom stereocenters. The number of carbonyl (C=O) groups is 2. The minimum absolute atomic E-state index is 0.388. The van der Waals surface area contributed by atoms with Crippen molar-refractivity contribution in [3.63, 3.8) is 0 Å². The minimum atomic E-state index is -4.39. The first-order chi connectivity index (χ1) is 22.8. The van der Waals surface area contributed by atoms with Gasteiger partial charge in [0, 0.05) is 11.4 Å². The molecule has 0 radical (unpaired) electrons. The first-order valence-electron chi connectivity index (χ1n) is 17.4.